The first-order chi connectivity index (χ1) is 7.44. The van der Waals surface area contributed by atoms with Crippen molar-refractivity contribution in [1.82, 2.24) is 4.90 Å². The van der Waals surface area contributed by atoms with Gasteiger partial charge in [0.15, 0.2) is 0 Å². The fraction of sp³-hybridized carbons (Fsp3) is 0.600. The second-order valence-electron chi connectivity index (χ2n) is 3.49. The SMILES string of the molecule is CCN(Cc1ccc(CN)s1)CC(F)(F)F. The van der Waals surface area contributed by atoms with Crippen LogP contribution in [0.25, 0.3) is 0 Å². The highest BCUT2D eigenvalue weighted by Crippen LogP contribution is 2.21. The standard InChI is InChI=1S/C10H15F3N2S/c1-2-15(7-10(11,12)13)6-9-4-3-8(5-14)16-9/h3-4H,2,5-7,14H2,1H3. The fourth-order valence-electron chi connectivity index (χ4n) is 1.37. The highest BCUT2D eigenvalue weighted by atomic mass is 32.1. The van der Waals surface area contributed by atoms with Crippen molar-refractivity contribution in [1.29, 1.82) is 0 Å². The van der Waals surface area contributed by atoms with E-state index in [1.807, 2.05) is 12.1 Å². The van der Waals surface area contributed by atoms with E-state index >= 15 is 0 Å². The largest absolute Gasteiger partial charge is 0.401 e. The molecule has 0 amide bonds. The molecular formula is C10H15F3N2S. The minimum absolute atomic E-state index is 0.334. The highest BCUT2D eigenvalue weighted by Gasteiger charge is 2.30. The molecule has 6 heteroatoms. The molecule has 0 atom stereocenters. The molecule has 0 saturated heterocycles. The molecule has 0 spiro atoms. The Labute approximate surface area is 96.9 Å². The third kappa shape index (κ3) is 4.51. The average molecular weight is 252 g/mol. The molecule has 1 rings (SSSR count). The molecule has 0 bridgehead atoms. The van der Waals surface area contributed by atoms with E-state index in [-0.39, 0.29) is 0 Å². The summed E-state index contributed by atoms with van der Waals surface area (Å²) in [4.78, 5) is 3.29. The van der Waals surface area contributed by atoms with E-state index < -0.39 is 12.7 Å². The maximum Gasteiger partial charge on any atom is 0.401 e. The van der Waals surface area contributed by atoms with Crippen LogP contribution in [-0.2, 0) is 13.1 Å². The molecule has 0 aromatic carbocycles. The topological polar surface area (TPSA) is 29.3 Å². The van der Waals surface area contributed by atoms with E-state index in [2.05, 4.69) is 0 Å². The Morgan fingerprint density at radius 3 is 2.38 bits per heavy atom. The molecule has 1 heterocycles. The highest BCUT2D eigenvalue weighted by molar-refractivity contribution is 7.11. The quantitative estimate of drug-likeness (QED) is 0.872. The van der Waals surface area contributed by atoms with Gasteiger partial charge in [0.05, 0.1) is 6.54 Å². The molecule has 1 aromatic rings. The summed E-state index contributed by atoms with van der Waals surface area (Å²) in [7, 11) is 0. The Morgan fingerprint density at radius 1 is 1.31 bits per heavy atom. The van der Waals surface area contributed by atoms with E-state index in [0.29, 0.717) is 19.6 Å². The van der Waals surface area contributed by atoms with Crippen LogP contribution in [0.1, 0.15) is 16.7 Å². The minimum atomic E-state index is -4.13. The third-order valence-electron chi connectivity index (χ3n) is 2.15. The zero-order chi connectivity index (χ0) is 12.2. The van der Waals surface area contributed by atoms with Gasteiger partial charge in [-0.3, -0.25) is 4.90 Å². The summed E-state index contributed by atoms with van der Waals surface area (Å²) in [5, 5.41) is 0. The lowest BCUT2D eigenvalue weighted by Crippen LogP contribution is -2.33. The van der Waals surface area contributed by atoms with E-state index in [0.717, 1.165) is 9.75 Å². The van der Waals surface area contributed by atoms with Crippen molar-refractivity contribution < 1.29 is 13.2 Å². The lowest BCUT2D eigenvalue weighted by atomic mass is 10.4. The summed E-state index contributed by atoms with van der Waals surface area (Å²) in [6.07, 6.45) is -4.13. The van der Waals surface area contributed by atoms with Crippen LogP contribution in [0.2, 0.25) is 0 Å². The summed E-state index contributed by atoms with van der Waals surface area (Å²) in [5.74, 6) is 0. The van der Waals surface area contributed by atoms with Crippen LogP contribution < -0.4 is 5.73 Å². The summed E-state index contributed by atoms with van der Waals surface area (Å²) >= 11 is 1.47. The van der Waals surface area contributed by atoms with Crippen LogP contribution >= 0.6 is 11.3 Å². The number of thiophene rings is 1. The molecule has 2 N–H and O–H groups in total. The van der Waals surface area contributed by atoms with Crippen molar-refractivity contribution in [3.05, 3.63) is 21.9 Å². The molecule has 0 radical (unpaired) electrons. The van der Waals surface area contributed by atoms with Gasteiger partial charge < -0.3 is 5.73 Å². The Bertz CT molecular complexity index is 322. The van der Waals surface area contributed by atoms with Gasteiger partial charge in [-0.2, -0.15) is 13.2 Å². The lowest BCUT2D eigenvalue weighted by molar-refractivity contribution is -0.146. The van der Waals surface area contributed by atoms with Gasteiger partial charge in [0.1, 0.15) is 0 Å². The molecule has 0 aliphatic heterocycles. The zero-order valence-electron chi connectivity index (χ0n) is 9.05. The van der Waals surface area contributed by atoms with Gasteiger partial charge in [0.2, 0.25) is 0 Å². The van der Waals surface area contributed by atoms with Crippen LogP contribution in [0.4, 0.5) is 13.2 Å². The molecule has 0 saturated carbocycles. The number of hydrogen-bond acceptors (Lipinski definition) is 3. The van der Waals surface area contributed by atoms with Gasteiger partial charge in [0.25, 0.3) is 0 Å². The molecule has 92 valence electrons. The number of rotatable bonds is 5. The second-order valence-corrected chi connectivity index (χ2v) is 4.74. The van der Waals surface area contributed by atoms with Gasteiger partial charge in [-0.1, -0.05) is 6.92 Å². The summed E-state index contributed by atoms with van der Waals surface area (Å²) in [6.45, 7) is 2.02. The van der Waals surface area contributed by atoms with E-state index in [9.17, 15) is 13.2 Å². The average Bonchev–Trinajstić information content (AvgIpc) is 2.62. The first-order valence-corrected chi connectivity index (χ1v) is 5.83. The first kappa shape index (κ1) is 13.5. The van der Waals surface area contributed by atoms with Crippen LogP contribution in [0, 0.1) is 0 Å². The smallest absolute Gasteiger partial charge is 0.326 e. The van der Waals surface area contributed by atoms with Crippen LogP contribution in [0.5, 0.6) is 0 Å². The molecule has 0 fully saturated rings. The third-order valence-corrected chi connectivity index (χ3v) is 3.24. The van der Waals surface area contributed by atoms with Crippen molar-refractivity contribution in [2.75, 3.05) is 13.1 Å². The normalized spacial score (nSPS) is 12.4. The summed E-state index contributed by atoms with van der Waals surface area (Å²) < 4.78 is 36.6. The predicted octanol–water partition coefficient (Wildman–Crippen LogP) is 2.59. The van der Waals surface area contributed by atoms with Crippen molar-refractivity contribution in [3.63, 3.8) is 0 Å². The molecule has 2 nitrogen and oxygen atoms in total. The lowest BCUT2D eigenvalue weighted by Gasteiger charge is -2.20. The zero-order valence-corrected chi connectivity index (χ0v) is 9.87. The number of halogens is 3. The molecule has 0 unspecified atom stereocenters. The summed E-state index contributed by atoms with van der Waals surface area (Å²) in [5.41, 5.74) is 5.45. The van der Waals surface area contributed by atoms with Crippen molar-refractivity contribution in [2.24, 2.45) is 5.73 Å². The Balaban J connectivity index is 2.56. The second kappa shape index (κ2) is 5.65. The van der Waals surface area contributed by atoms with Crippen molar-refractivity contribution in [3.8, 4) is 0 Å². The van der Waals surface area contributed by atoms with Gasteiger partial charge in [-0.15, -0.1) is 11.3 Å². The first-order valence-electron chi connectivity index (χ1n) is 5.01. The number of nitrogens with zero attached hydrogens (tertiary/aromatic N) is 1. The fourth-order valence-corrected chi connectivity index (χ4v) is 2.31. The molecule has 0 aliphatic carbocycles. The Kier molecular flexibility index (Phi) is 4.76. The maximum atomic E-state index is 12.2. The number of hydrogen-bond donors (Lipinski definition) is 1. The van der Waals surface area contributed by atoms with Gasteiger partial charge in [-0.25, -0.2) is 0 Å². The van der Waals surface area contributed by atoms with Gasteiger partial charge in [-0.05, 0) is 18.7 Å². The number of nitrogens with two attached hydrogens (primary N) is 1. The van der Waals surface area contributed by atoms with Crippen LogP contribution in [0.3, 0.4) is 0 Å². The van der Waals surface area contributed by atoms with Crippen molar-refractivity contribution in [2.45, 2.75) is 26.2 Å². The molecule has 0 aliphatic rings. The van der Waals surface area contributed by atoms with Crippen LogP contribution in [-0.4, -0.2) is 24.2 Å². The van der Waals surface area contributed by atoms with Gasteiger partial charge in [0, 0.05) is 22.8 Å². The Morgan fingerprint density at radius 2 is 1.94 bits per heavy atom. The minimum Gasteiger partial charge on any atom is -0.326 e. The monoisotopic (exact) mass is 252 g/mol. The van der Waals surface area contributed by atoms with Gasteiger partial charge >= 0.3 is 6.18 Å². The molecular weight excluding hydrogens is 237 g/mol. The molecule has 1 aromatic heterocycles. The Hall–Kier alpha value is -0.590. The van der Waals surface area contributed by atoms with Crippen LogP contribution in [0.15, 0.2) is 12.1 Å². The van der Waals surface area contributed by atoms with E-state index in [1.54, 1.807) is 6.92 Å². The van der Waals surface area contributed by atoms with E-state index in [4.69, 9.17) is 5.73 Å². The van der Waals surface area contributed by atoms with Crippen molar-refractivity contribution >= 4 is 11.3 Å². The predicted molar refractivity (Wildman–Crippen MR) is 59.2 cm³/mol. The molecule has 16 heavy (non-hydrogen) atoms. The summed E-state index contributed by atoms with van der Waals surface area (Å²) in [6, 6.07) is 3.70. The van der Waals surface area contributed by atoms with E-state index in [1.165, 1.54) is 16.2 Å². The number of alkyl halides is 3. The maximum absolute atomic E-state index is 12.2.